The lowest BCUT2D eigenvalue weighted by atomic mass is 10.0. The molecule has 0 amide bonds. The van der Waals surface area contributed by atoms with Crippen LogP contribution >= 0.6 is 27.5 Å². The molecule has 0 radical (unpaired) electrons. The Morgan fingerprint density at radius 2 is 1.78 bits per heavy atom. The van der Waals surface area contributed by atoms with Crippen LogP contribution in [0.5, 0.6) is 5.75 Å². The quantitative estimate of drug-likeness (QED) is 0.672. The van der Waals surface area contributed by atoms with Gasteiger partial charge in [0.2, 0.25) is 0 Å². The van der Waals surface area contributed by atoms with Gasteiger partial charge >= 0.3 is 0 Å². The third kappa shape index (κ3) is 1.98. The van der Waals surface area contributed by atoms with Crippen molar-refractivity contribution in [3.63, 3.8) is 0 Å². The van der Waals surface area contributed by atoms with E-state index in [2.05, 4.69) is 49.7 Å². The first kappa shape index (κ1) is 14.2. The average Bonchev–Trinajstić information content (AvgIpc) is 2.68. The van der Waals surface area contributed by atoms with Crippen LogP contribution in [-0.2, 0) is 0 Å². The molecule has 1 aliphatic rings. The van der Waals surface area contributed by atoms with Gasteiger partial charge in [0.1, 0.15) is 5.75 Å². The van der Waals surface area contributed by atoms with E-state index >= 15 is 0 Å². The average molecular weight is 332 g/mol. The molecule has 1 fully saturated rings. The lowest BCUT2D eigenvalue weighted by molar-refractivity contribution is 0.405. The first-order chi connectivity index (χ1) is 8.23. The highest BCUT2D eigenvalue weighted by molar-refractivity contribution is 9.10. The molecular weight excluding hydrogens is 312 g/mol. The van der Waals surface area contributed by atoms with E-state index < -0.39 is 0 Å². The molecule has 1 unspecified atom stereocenters. The zero-order chi connectivity index (χ0) is 13.7. The van der Waals surface area contributed by atoms with E-state index in [-0.39, 0.29) is 16.2 Å². The third-order valence-corrected chi connectivity index (χ3v) is 5.89. The van der Waals surface area contributed by atoms with Gasteiger partial charge in [0.15, 0.2) is 0 Å². The van der Waals surface area contributed by atoms with Gasteiger partial charge in [-0.1, -0.05) is 43.6 Å². The van der Waals surface area contributed by atoms with Gasteiger partial charge in [0, 0.05) is 10.0 Å². The van der Waals surface area contributed by atoms with Crippen LogP contribution in [0.3, 0.4) is 0 Å². The largest absolute Gasteiger partial charge is 0.496 e. The highest BCUT2D eigenvalue weighted by Crippen LogP contribution is 2.74. The van der Waals surface area contributed by atoms with Crippen molar-refractivity contribution in [1.29, 1.82) is 0 Å². The van der Waals surface area contributed by atoms with Crippen molar-refractivity contribution in [3.05, 3.63) is 28.2 Å². The number of alkyl halides is 1. The molecule has 1 atom stereocenters. The second-order valence-electron chi connectivity index (χ2n) is 6.21. The molecule has 0 bridgehead atoms. The van der Waals surface area contributed by atoms with Crippen LogP contribution in [-0.4, -0.2) is 7.11 Å². The number of rotatable bonds is 3. The van der Waals surface area contributed by atoms with Crippen molar-refractivity contribution in [3.8, 4) is 5.75 Å². The molecule has 0 saturated heterocycles. The van der Waals surface area contributed by atoms with Crippen LogP contribution in [0.4, 0.5) is 0 Å². The smallest absolute Gasteiger partial charge is 0.123 e. The number of ether oxygens (including phenoxy) is 1. The minimum absolute atomic E-state index is 0.0116. The van der Waals surface area contributed by atoms with Gasteiger partial charge in [0.25, 0.3) is 0 Å². The van der Waals surface area contributed by atoms with Gasteiger partial charge in [-0.15, -0.1) is 11.6 Å². The van der Waals surface area contributed by atoms with Crippen molar-refractivity contribution in [1.82, 2.24) is 0 Å². The van der Waals surface area contributed by atoms with Crippen LogP contribution in [0.25, 0.3) is 0 Å². The summed E-state index contributed by atoms with van der Waals surface area (Å²) in [6.45, 7) is 9.16. The Bertz CT molecular complexity index is 454. The second-order valence-corrected chi connectivity index (χ2v) is 7.59. The molecule has 0 aromatic heterocycles. The summed E-state index contributed by atoms with van der Waals surface area (Å²) in [6.07, 6.45) is 0. The fraction of sp³-hybridized carbons (Fsp3) is 0.600. The first-order valence-electron chi connectivity index (χ1n) is 6.21. The maximum Gasteiger partial charge on any atom is 0.123 e. The molecule has 0 spiro atoms. The van der Waals surface area contributed by atoms with E-state index in [1.807, 2.05) is 12.1 Å². The van der Waals surface area contributed by atoms with E-state index in [0.29, 0.717) is 5.92 Å². The number of halogens is 2. The lowest BCUT2D eigenvalue weighted by Gasteiger charge is -2.16. The molecular formula is C15H20BrClO. The Kier molecular flexibility index (Phi) is 3.48. The summed E-state index contributed by atoms with van der Waals surface area (Å²) in [5.41, 5.74) is 1.62. The molecule has 0 aliphatic heterocycles. The van der Waals surface area contributed by atoms with Gasteiger partial charge in [-0.2, -0.15) is 0 Å². The maximum atomic E-state index is 6.73. The predicted octanol–water partition coefficient (Wildman–Crippen LogP) is 5.42. The van der Waals surface area contributed by atoms with Crippen molar-refractivity contribution < 1.29 is 4.74 Å². The van der Waals surface area contributed by atoms with Crippen molar-refractivity contribution in [2.45, 2.75) is 33.1 Å². The molecule has 3 heteroatoms. The summed E-state index contributed by atoms with van der Waals surface area (Å²) >= 11 is 10.2. The van der Waals surface area contributed by atoms with Crippen LogP contribution in [0.15, 0.2) is 22.7 Å². The lowest BCUT2D eigenvalue weighted by Crippen LogP contribution is -2.02. The number of benzene rings is 1. The number of hydrogen-bond donors (Lipinski definition) is 0. The van der Waals surface area contributed by atoms with Crippen molar-refractivity contribution >= 4 is 27.5 Å². The normalized spacial score (nSPS) is 22.6. The molecule has 1 aromatic carbocycles. The van der Waals surface area contributed by atoms with E-state index in [4.69, 9.17) is 16.3 Å². The molecule has 1 aliphatic carbocycles. The minimum atomic E-state index is -0.0116. The summed E-state index contributed by atoms with van der Waals surface area (Å²) in [6, 6.07) is 6.02. The highest BCUT2D eigenvalue weighted by Gasteiger charge is 2.67. The predicted molar refractivity (Wildman–Crippen MR) is 80.3 cm³/mol. The highest BCUT2D eigenvalue weighted by atomic mass is 79.9. The molecule has 1 aromatic rings. The summed E-state index contributed by atoms with van der Waals surface area (Å²) in [7, 11) is 1.69. The topological polar surface area (TPSA) is 9.23 Å². The minimum Gasteiger partial charge on any atom is -0.496 e. The van der Waals surface area contributed by atoms with Crippen LogP contribution < -0.4 is 4.74 Å². The van der Waals surface area contributed by atoms with Crippen LogP contribution in [0.2, 0.25) is 0 Å². The molecule has 100 valence electrons. The first-order valence-corrected chi connectivity index (χ1v) is 7.44. The van der Waals surface area contributed by atoms with E-state index in [9.17, 15) is 0 Å². The summed E-state index contributed by atoms with van der Waals surface area (Å²) < 4.78 is 6.47. The molecule has 0 N–H and O–H groups in total. The zero-order valence-electron chi connectivity index (χ0n) is 11.6. The van der Waals surface area contributed by atoms with Crippen LogP contribution in [0.1, 0.15) is 38.6 Å². The van der Waals surface area contributed by atoms with E-state index in [1.54, 1.807) is 7.11 Å². The zero-order valence-corrected chi connectivity index (χ0v) is 13.9. The summed E-state index contributed by atoms with van der Waals surface area (Å²) in [5, 5.41) is -0.0116. The van der Waals surface area contributed by atoms with Gasteiger partial charge < -0.3 is 4.74 Å². The number of hydrogen-bond acceptors (Lipinski definition) is 1. The summed E-state index contributed by atoms with van der Waals surface area (Å²) in [5.74, 6) is 1.34. The van der Waals surface area contributed by atoms with Crippen molar-refractivity contribution in [2.24, 2.45) is 16.7 Å². The van der Waals surface area contributed by atoms with E-state index in [0.717, 1.165) is 15.8 Å². The third-order valence-electron chi connectivity index (χ3n) is 4.91. The van der Waals surface area contributed by atoms with Gasteiger partial charge in [0.05, 0.1) is 12.5 Å². The standard InChI is InChI=1S/C15H20BrClO/c1-14(2)13(15(14,3)4)12(17)10-8-9(16)6-7-11(10)18-5/h6-8,12-13H,1-5H3. The Morgan fingerprint density at radius 1 is 1.22 bits per heavy atom. The Morgan fingerprint density at radius 3 is 2.22 bits per heavy atom. The fourth-order valence-electron chi connectivity index (χ4n) is 3.08. The Hall–Kier alpha value is -0.210. The SMILES string of the molecule is COc1ccc(Br)cc1C(Cl)C1C(C)(C)C1(C)C. The maximum absolute atomic E-state index is 6.73. The molecule has 1 saturated carbocycles. The molecule has 18 heavy (non-hydrogen) atoms. The number of methoxy groups -OCH3 is 1. The van der Waals surface area contributed by atoms with Gasteiger partial charge in [-0.25, -0.2) is 0 Å². The molecule has 2 rings (SSSR count). The van der Waals surface area contributed by atoms with Gasteiger partial charge in [-0.05, 0) is 34.9 Å². The molecule has 1 nitrogen and oxygen atoms in total. The molecule has 0 heterocycles. The Balaban J connectivity index is 2.36. The monoisotopic (exact) mass is 330 g/mol. The van der Waals surface area contributed by atoms with Gasteiger partial charge in [-0.3, -0.25) is 0 Å². The fourth-order valence-corrected chi connectivity index (χ4v) is 4.26. The van der Waals surface area contributed by atoms with Crippen LogP contribution in [0, 0.1) is 16.7 Å². The second kappa shape index (κ2) is 4.42. The van der Waals surface area contributed by atoms with Crippen molar-refractivity contribution in [2.75, 3.05) is 7.11 Å². The Labute approximate surface area is 123 Å². The van der Waals surface area contributed by atoms with E-state index in [1.165, 1.54) is 0 Å². The summed E-state index contributed by atoms with van der Waals surface area (Å²) in [4.78, 5) is 0.